The van der Waals surface area contributed by atoms with Crippen LogP contribution in [-0.2, 0) is 6.42 Å². The second kappa shape index (κ2) is 5.29. The van der Waals surface area contributed by atoms with Crippen LogP contribution in [0.1, 0.15) is 28.0 Å². The van der Waals surface area contributed by atoms with Crippen LogP contribution in [-0.4, -0.2) is 4.98 Å². The average molecular weight is 286 g/mol. The molecule has 0 bridgehead atoms. The topological polar surface area (TPSA) is 26.0 Å². The number of hydrogen-bond acceptors (Lipinski definition) is 2. The van der Waals surface area contributed by atoms with Crippen LogP contribution in [0.5, 0.6) is 0 Å². The zero-order valence-corrected chi connectivity index (χ0v) is 12.3. The first-order valence-electron chi connectivity index (χ1n) is 6.70. The summed E-state index contributed by atoms with van der Waals surface area (Å²) in [5.74, 6) is 0.687. The first kappa shape index (κ1) is 13.2. The van der Waals surface area contributed by atoms with Crippen LogP contribution in [0.2, 0.25) is 0 Å². The van der Waals surface area contributed by atoms with Gasteiger partial charge in [0.25, 0.3) is 0 Å². The molecule has 0 saturated carbocycles. The molecule has 0 aliphatic heterocycles. The SMILES string of the molecule is Cc1cccc(C(Cl)Cc2nc3ccccc3o2)c1C. The number of nitrogens with zero attached hydrogens (tertiary/aromatic N) is 1. The molecule has 0 spiro atoms. The molecule has 1 atom stereocenters. The summed E-state index contributed by atoms with van der Waals surface area (Å²) in [6, 6.07) is 14.0. The van der Waals surface area contributed by atoms with Gasteiger partial charge in [0, 0.05) is 6.42 Å². The number of para-hydroxylation sites is 2. The number of rotatable bonds is 3. The lowest BCUT2D eigenvalue weighted by atomic mass is 9.99. The molecular formula is C17H16ClNO. The molecule has 102 valence electrons. The maximum absolute atomic E-state index is 6.55. The Balaban J connectivity index is 1.88. The number of benzene rings is 2. The van der Waals surface area contributed by atoms with Gasteiger partial charge in [-0.25, -0.2) is 4.98 Å². The second-order valence-corrected chi connectivity index (χ2v) is 5.56. The van der Waals surface area contributed by atoms with E-state index in [1.807, 2.05) is 30.3 Å². The Bertz CT molecular complexity index is 715. The molecule has 2 nitrogen and oxygen atoms in total. The van der Waals surface area contributed by atoms with Gasteiger partial charge in [0.05, 0.1) is 5.38 Å². The Labute approximate surface area is 123 Å². The van der Waals surface area contributed by atoms with E-state index in [1.54, 1.807) is 0 Å². The lowest BCUT2D eigenvalue weighted by molar-refractivity contribution is 0.524. The summed E-state index contributed by atoms with van der Waals surface area (Å²) in [6.45, 7) is 4.20. The van der Waals surface area contributed by atoms with Gasteiger partial charge in [0.1, 0.15) is 5.52 Å². The summed E-state index contributed by atoms with van der Waals surface area (Å²) in [6.07, 6.45) is 0.598. The van der Waals surface area contributed by atoms with Gasteiger partial charge in [0.2, 0.25) is 0 Å². The average Bonchev–Trinajstić information content (AvgIpc) is 2.83. The molecule has 3 heteroatoms. The minimum Gasteiger partial charge on any atom is -0.441 e. The largest absolute Gasteiger partial charge is 0.441 e. The normalized spacial score (nSPS) is 12.8. The highest BCUT2D eigenvalue weighted by Gasteiger charge is 2.16. The molecule has 0 fully saturated rings. The highest BCUT2D eigenvalue weighted by atomic mass is 35.5. The number of aryl methyl sites for hydroxylation is 1. The number of halogens is 1. The Morgan fingerprint density at radius 2 is 1.90 bits per heavy atom. The van der Waals surface area contributed by atoms with Crippen molar-refractivity contribution in [1.29, 1.82) is 0 Å². The molecule has 0 saturated heterocycles. The van der Waals surface area contributed by atoms with E-state index in [0.29, 0.717) is 12.3 Å². The molecule has 0 aliphatic carbocycles. The third-order valence-corrected chi connectivity index (χ3v) is 4.07. The van der Waals surface area contributed by atoms with Crippen LogP contribution in [0.4, 0.5) is 0 Å². The minimum absolute atomic E-state index is 0.122. The lowest BCUT2D eigenvalue weighted by Crippen LogP contribution is -2.00. The van der Waals surface area contributed by atoms with Crippen molar-refractivity contribution in [1.82, 2.24) is 4.98 Å². The van der Waals surface area contributed by atoms with E-state index in [4.69, 9.17) is 16.0 Å². The monoisotopic (exact) mass is 285 g/mol. The molecule has 1 unspecified atom stereocenters. The predicted molar refractivity (Wildman–Crippen MR) is 82.2 cm³/mol. The van der Waals surface area contributed by atoms with Crippen molar-refractivity contribution >= 4 is 22.7 Å². The van der Waals surface area contributed by atoms with Crippen molar-refractivity contribution < 1.29 is 4.42 Å². The smallest absolute Gasteiger partial charge is 0.197 e. The fraction of sp³-hybridized carbons (Fsp3) is 0.235. The summed E-state index contributed by atoms with van der Waals surface area (Å²) in [7, 11) is 0. The molecule has 3 aromatic rings. The van der Waals surface area contributed by atoms with Gasteiger partial charge in [0.15, 0.2) is 11.5 Å². The van der Waals surface area contributed by atoms with E-state index in [9.17, 15) is 0 Å². The third kappa shape index (κ3) is 2.44. The highest BCUT2D eigenvalue weighted by molar-refractivity contribution is 6.21. The number of aromatic nitrogens is 1. The second-order valence-electron chi connectivity index (χ2n) is 5.04. The van der Waals surface area contributed by atoms with Gasteiger partial charge in [-0.15, -0.1) is 11.6 Å². The van der Waals surface area contributed by atoms with E-state index in [-0.39, 0.29) is 5.38 Å². The van der Waals surface area contributed by atoms with Crippen LogP contribution in [0, 0.1) is 13.8 Å². The van der Waals surface area contributed by atoms with E-state index in [0.717, 1.165) is 16.7 Å². The summed E-state index contributed by atoms with van der Waals surface area (Å²) in [4.78, 5) is 4.48. The minimum atomic E-state index is -0.122. The Morgan fingerprint density at radius 1 is 1.10 bits per heavy atom. The molecular weight excluding hydrogens is 270 g/mol. The standard InChI is InChI=1S/C17H16ClNO/c1-11-6-5-7-13(12(11)2)14(18)10-17-19-15-8-3-4-9-16(15)20-17/h3-9,14H,10H2,1-2H3. The maximum Gasteiger partial charge on any atom is 0.197 e. The predicted octanol–water partition coefficient (Wildman–Crippen LogP) is 4.97. The van der Waals surface area contributed by atoms with Gasteiger partial charge in [-0.05, 0) is 42.7 Å². The zero-order valence-electron chi connectivity index (χ0n) is 11.6. The van der Waals surface area contributed by atoms with Crippen LogP contribution in [0.3, 0.4) is 0 Å². The van der Waals surface area contributed by atoms with Crippen molar-refractivity contribution in [2.45, 2.75) is 25.6 Å². The lowest BCUT2D eigenvalue weighted by Gasteiger charge is -2.12. The van der Waals surface area contributed by atoms with Crippen molar-refractivity contribution in [2.24, 2.45) is 0 Å². The Morgan fingerprint density at radius 3 is 2.70 bits per heavy atom. The van der Waals surface area contributed by atoms with Gasteiger partial charge < -0.3 is 4.42 Å². The van der Waals surface area contributed by atoms with Gasteiger partial charge in [-0.1, -0.05) is 30.3 Å². The highest BCUT2D eigenvalue weighted by Crippen LogP contribution is 2.29. The number of fused-ring (bicyclic) bond motifs is 1. The molecule has 2 aromatic carbocycles. The molecule has 1 heterocycles. The first-order valence-corrected chi connectivity index (χ1v) is 7.13. The fourth-order valence-corrected chi connectivity index (χ4v) is 2.75. The quantitative estimate of drug-likeness (QED) is 0.635. The van der Waals surface area contributed by atoms with Crippen molar-refractivity contribution in [3.63, 3.8) is 0 Å². The summed E-state index contributed by atoms with van der Waals surface area (Å²) in [5, 5.41) is -0.122. The van der Waals surface area contributed by atoms with Crippen molar-refractivity contribution in [3.05, 3.63) is 65.0 Å². The van der Waals surface area contributed by atoms with Crippen LogP contribution < -0.4 is 0 Å². The summed E-state index contributed by atoms with van der Waals surface area (Å²) < 4.78 is 5.73. The van der Waals surface area contributed by atoms with E-state index >= 15 is 0 Å². The number of alkyl halides is 1. The molecule has 20 heavy (non-hydrogen) atoms. The molecule has 0 aliphatic rings. The summed E-state index contributed by atoms with van der Waals surface area (Å²) in [5.41, 5.74) is 5.34. The zero-order chi connectivity index (χ0) is 14.1. The van der Waals surface area contributed by atoms with Crippen LogP contribution in [0.15, 0.2) is 46.9 Å². The molecule has 0 N–H and O–H groups in total. The van der Waals surface area contributed by atoms with E-state index < -0.39 is 0 Å². The first-order chi connectivity index (χ1) is 9.65. The summed E-state index contributed by atoms with van der Waals surface area (Å²) >= 11 is 6.55. The Hall–Kier alpha value is -1.80. The van der Waals surface area contributed by atoms with Crippen LogP contribution >= 0.6 is 11.6 Å². The van der Waals surface area contributed by atoms with Gasteiger partial charge in [-0.2, -0.15) is 0 Å². The molecule has 3 rings (SSSR count). The van der Waals surface area contributed by atoms with Crippen LogP contribution in [0.25, 0.3) is 11.1 Å². The van der Waals surface area contributed by atoms with Gasteiger partial charge in [-0.3, -0.25) is 0 Å². The molecule has 0 amide bonds. The van der Waals surface area contributed by atoms with E-state index in [1.165, 1.54) is 11.1 Å². The van der Waals surface area contributed by atoms with Crippen molar-refractivity contribution in [2.75, 3.05) is 0 Å². The third-order valence-electron chi connectivity index (χ3n) is 3.68. The molecule has 0 radical (unpaired) electrons. The fourth-order valence-electron chi connectivity index (χ4n) is 2.38. The number of hydrogen-bond donors (Lipinski definition) is 0. The number of oxazole rings is 1. The maximum atomic E-state index is 6.55. The van der Waals surface area contributed by atoms with E-state index in [2.05, 4.69) is 31.0 Å². The van der Waals surface area contributed by atoms with Gasteiger partial charge >= 0.3 is 0 Å². The van der Waals surface area contributed by atoms with Crippen molar-refractivity contribution in [3.8, 4) is 0 Å². The molecule has 1 aromatic heterocycles. The Kier molecular flexibility index (Phi) is 3.49.